The molecule has 1 unspecified atom stereocenters. The van der Waals surface area contributed by atoms with Crippen molar-refractivity contribution in [3.8, 4) is 0 Å². The molecule has 14 heteroatoms. The average molecular weight is 619 g/mol. The van der Waals surface area contributed by atoms with Crippen molar-refractivity contribution < 1.29 is 28.5 Å². The molecule has 1 saturated heterocycles. The number of aliphatic hydroxyl groups excluding tert-OH is 1. The van der Waals surface area contributed by atoms with E-state index in [2.05, 4.69) is 20.3 Å². The van der Waals surface area contributed by atoms with Crippen LogP contribution >= 0.6 is 22.9 Å². The van der Waals surface area contributed by atoms with Crippen molar-refractivity contribution in [2.45, 2.75) is 44.9 Å². The summed E-state index contributed by atoms with van der Waals surface area (Å²) in [5.74, 6) is -2.12. The van der Waals surface area contributed by atoms with Gasteiger partial charge in [0, 0.05) is 60.7 Å². The van der Waals surface area contributed by atoms with Crippen molar-refractivity contribution >= 4 is 40.7 Å². The molecule has 5 rings (SSSR count). The molecular weight excluding hydrogens is 590 g/mol. The zero-order valence-corrected chi connectivity index (χ0v) is 24.2. The van der Waals surface area contributed by atoms with Crippen LogP contribution in [-0.4, -0.2) is 63.0 Å². The SMILES string of the molecule is CCOC(=O)C1=C(C2CCN(c3ncc(CCC(O)O)cn3)CC2)NC(c2nccs2)=NC1c1ccc(F)c(F)c1Cl. The second kappa shape index (κ2) is 13.2. The number of hydrogen-bond acceptors (Lipinski definition) is 11. The Morgan fingerprint density at radius 1 is 1.21 bits per heavy atom. The highest BCUT2D eigenvalue weighted by Gasteiger charge is 2.38. The van der Waals surface area contributed by atoms with E-state index in [1.807, 2.05) is 4.90 Å². The first-order chi connectivity index (χ1) is 20.3. The molecule has 0 amide bonds. The average Bonchev–Trinajstić information content (AvgIpc) is 3.54. The number of allylic oxidation sites excluding steroid dienone is 1. The number of aliphatic imine (C=N–C) groups is 1. The van der Waals surface area contributed by atoms with E-state index >= 15 is 0 Å². The van der Waals surface area contributed by atoms with Crippen LogP contribution in [0.1, 0.15) is 48.4 Å². The van der Waals surface area contributed by atoms with Crippen LogP contribution in [0.5, 0.6) is 0 Å². The quantitative estimate of drug-likeness (QED) is 0.185. The van der Waals surface area contributed by atoms with Crippen LogP contribution in [0.3, 0.4) is 0 Å². The van der Waals surface area contributed by atoms with Crippen LogP contribution in [0, 0.1) is 17.6 Å². The number of halogens is 3. The highest BCUT2D eigenvalue weighted by molar-refractivity contribution is 7.11. The highest BCUT2D eigenvalue weighted by atomic mass is 35.5. The van der Waals surface area contributed by atoms with Gasteiger partial charge in [-0.25, -0.2) is 28.5 Å². The Bertz CT molecular complexity index is 1480. The number of carbonyl (C=O) groups is 1. The van der Waals surface area contributed by atoms with E-state index in [0.29, 0.717) is 54.8 Å². The lowest BCUT2D eigenvalue weighted by Gasteiger charge is -2.36. The first-order valence-corrected chi connectivity index (χ1v) is 14.7. The van der Waals surface area contributed by atoms with E-state index < -0.39 is 35.0 Å². The first kappa shape index (κ1) is 30.0. The lowest BCUT2D eigenvalue weighted by molar-refractivity contribution is -0.139. The number of esters is 1. The number of carbonyl (C=O) groups excluding carboxylic acids is 1. The summed E-state index contributed by atoms with van der Waals surface area (Å²) in [6, 6.07) is 1.25. The van der Waals surface area contributed by atoms with Crippen molar-refractivity contribution in [1.82, 2.24) is 20.3 Å². The third kappa shape index (κ3) is 6.43. The topological polar surface area (TPSA) is 133 Å². The van der Waals surface area contributed by atoms with Gasteiger partial charge in [-0.15, -0.1) is 11.3 Å². The maximum atomic E-state index is 14.6. The molecule has 0 bridgehead atoms. The summed E-state index contributed by atoms with van der Waals surface area (Å²) in [6.45, 7) is 2.97. The van der Waals surface area contributed by atoms with E-state index in [1.54, 1.807) is 30.9 Å². The van der Waals surface area contributed by atoms with Crippen LogP contribution < -0.4 is 10.2 Å². The molecule has 42 heavy (non-hydrogen) atoms. The Morgan fingerprint density at radius 2 is 1.95 bits per heavy atom. The maximum Gasteiger partial charge on any atom is 0.338 e. The summed E-state index contributed by atoms with van der Waals surface area (Å²) in [5.41, 5.74) is 1.72. The Labute approximate surface area is 249 Å². The molecule has 1 fully saturated rings. The van der Waals surface area contributed by atoms with Gasteiger partial charge in [-0.1, -0.05) is 17.7 Å². The fourth-order valence-electron chi connectivity index (χ4n) is 5.05. The first-order valence-electron chi connectivity index (χ1n) is 13.5. The lowest BCUT2D eigenvalue weighted by Crippen LogP contribution is -2.42. The van der Waals surface area contributed by atoms with Gasteiger partial charge < -0.3 is 25.2 Å². The van der Waals surface area contributed by atoms with E-state index in [4.69, 9.17) is 31.5 Å². The van der Waals surface area contributed by atoms with E-state index in [0.717, 1.165) is 11.6 Å². The number of anilines is 1. The molecule has 0 aliphatic carbocycles. The number of ether oxygens (including phenoxy) is 1. The van der Waals surface area contributed by atoms with Crippen LogP contribution in [-0.2, 0) is 16.0 Å². The molecule has 222 valence electrons. The van der Waals surface area contributed by atoms with Gasteiger partial charge in [-0.2, -0.15) is 0 Å². The number of rotatable bonds is 9. The normalized spacial score (nSPS) is 17.8. The van der Waals surface area contributed by atoms with Gasteiger partial charge in [0.25, 0.3) is 0 Å². The standard InChI is InChI=1S/C28H29ClF2N6O4S/c1-2-41-27(40)20-23(16-7-10-37(11-8-16)28-33-13-15(14-34-28)3-6-19(38)39)35-25(26-32-9-12-42-26)36-24(20)17-4-5-18(30)22(31)21(17)29/h4-5,9,12-14,16,19,24,38-39H,2-3,6-8,10-11H2,1H3,(H,35,36). The Kier molecular flexibility index (Phi) is 9.41. The Balaban J connectivity index is 1.46. The Morgan fingerprint density at radius 3 is 2.60 bits per heavy atom. The molecule has 3 N–H and O–H groups in total. The molecule has 1 aromatic carbocycles. The van der Waals surface area contributed by atoms with Crippen LogP contribution in [0.15, 0.2) is 52.4 Å². The maximum absolute atomic E-state index is 14.6. The van der Waals surface area contributed by atoms with Gasteiger partial charge in [0.2, 0.25) is 5.95 Å². The van der Waals surface area contributed by atoms with E-state index in [9.17, 15) is 13.6 Å². The number of piperidine rings is 1. The molecule has 1 atom stereocenters. The third-order valence-electron chi connectivity index (χ3n) is 7.13. The van der Waals surface area contributed by atoms with Crippen molar-refractivity contribution in [3.05, 3.63) is 80.2 Å². The molecule has 0 spiro atoms. The van der Waals surface area contributed by atoms with Crippen molar-refractivity contribution in [2.75, 3.05) is 24.6 Å². The summed E-state index contributed by atoms with van der Waals surface area (Å²) in [5, 5.41) is 23.4. The fraction of sp³-hybridized carbons (Fsp3) is 0.393. The highest BCUT2D eigenvalue weighted by Crippen LogP contribution is 2.41. The fourth-order valence-corrected chi connectivity index (χ4v) is 5.90. The van der Waals surface area contributed by atoms with Crippen LogP contribution in [0.2, 0.25) is 5.02 Å². The number of aryl methyl sites for hydroxylation is 1. The van der Waals surface area contributed by atoms with Crippen molar-refractivity contribution in [1.29, 1.82) is 0 Å². The molecule has 2 aromatic heterocycles. The van der Waals surface area contributed by atoms with E-state index in [1.165, 1.54) is 17.4 Å². The molecule has 4 heterocycles. The summed E-state index contributed by atoms with van der Waals surface area (Å²) < 4.78 is 34.0. The number of aromatic nitrogens is 3. The minimum atomic E-state index is -1.38. The zero-order chi connectivity index (χ0) is 29.8. The molecule has 0 radical (unpaired) electrons. The molecule has 3 aromatic rings. The predicted molar refractivity (Wildman–Crippen MR) is 153 cm³/mol. The summed E-state index contributed by atoms with van der Waals surface area (Å²) in [7, 11) is 0. The molecule has 2 aliphatic rings. The van der Waals surface area contributed by atoms with Gasteiger partial charge in [-0.3, -0.25) is 4.99 Å². The summed E-state index contributed by atoms with van der Waals surface area (Å²) in [4.78, 5) is 33.4. The number of hydrogen-bond donors (Lipinski definition) is 3. The Hall–Kier alpha value is -3.52. The second-order valence-electron chi connectivity index (χ2n) is 9.83. The largest absolute Gasteiger partial charge is 0.463 e. The number of nitrogens with one attached hydrogen (secondary N) is 1. The van der Waals surface area contributed by atoms with Gasteiger partial charge in [0.15, 0.2) is 28.8 Å². The molecule has 2 aliphatic heterocycles. The zero-order valence-electron chi connectivity index (χ0n) is 22.6. The lowest BCUT2D eigenvalue weighted by atomic mass is 9.85. The third-order valence-corrected chi connectivity index (χ3v) is 8.30. The predicted octanol–water partition coefficient (Wildman–Crippen LogP) is 3.93. The summed E-state index contributed by atoms with van der Waals surface area (Å²) >= 11 is 7.63. The van der Waals surface area contributed by atoms with Gasteiger partial charge >= 0.3 is 5.97 Å². The minimum Gasteiger partial charge on any atom is -0.463 e. The van der Waals surface area contributed by atoms with Crippen molar-refractivity contribution in [2.24, 2.45) is 10.9 Å². The molecule has 10 nitrogen and oxygen atoms in total. The minimum absolute atomic E-state index is 0.111. The van der Waals surface area contributed by atoms with Gasteiger partial charge in [-0.05, 0) is 37.8 Å². The van der Waals surface area contributed by atoms with Gasteiger partial charge in [0.1, 0.15) is 6.04 Å². The number of benzene rings is 1. The van der Waals surface area contributed by atoms with Crippen LogP contribution in [0.4, 0.5) is 14.7 Å². The number of amidine groups is 1. The molecular formula is C28H29ClF2N6O4S. The van der Waals surface area contributed by atoms with Crippen molar-refractivity contribution in [3.63, 3.8) is 0 Å². The van der Waals surface area contributed by atoms with Crippen LogP contribution in [0.25, 0.3) is 0 Å². The number of aliphatic hydroxyl groups is 2. The number of nitrogens with zero attached hydrogens (tertiary/aromatic N) is 5. The second-order valence-corrected chi connectivity index (χ2v) is 11.1. The molecule has 0 saturated carbocycles. The van der Waals surface area contributed by atoms with E-state index in [-0.39, 0.29) is 30.1 Å². The monoisotopic (exact) mass is 618 g/mol. The van der Waals surface area contributed by atoms with Gasteiger partial charge in [0.05, 0.1) is 17.2 Å². The number of thiazole rings is 1. The smallest absolute Gasteiger partial charge is 0.338 e. The summed E-state index contributed by atoms with van der Waals surface area (Å²) in [6.07, 6.45) is 5.48.